The third kappa shape index (κ3) is 7.99. The fourth-order valence-electron chi connectivity index (χ4n) is 3.35. The Morgan fingerprint density at radius 2 is 1.65 bits per heavy atom. The van der Waals surface area contributed by atoms with Gasteiger partial charge in [0, 0.05) is 18.1 Å². The summed E-state index contributed by atoms with van der Waals surface area (Å²) in [6, 6.07) is 10.9. The number of hydrogen-bond donors (Lipinski definition) is 1. The van der Waals surface area contributed by atoms with Crippen molar-refractivity contribution in [1.82, 2.24) is 10.2 Å². The van der Waals surface area contributed by atoms with Crippen LogP contribution in [0.1, 0.15) is 32.8 Å². The molecule has 0 bridgehead atoms. The number of rotatable bonds is 11. The molecule has 0 fully saturated rings. The van der Waals surface area contributed by atoms with E-state index in [-0.39, 0.29) is 24.1 Å². The first-order valence-corrected chi connectivity index (χ1v) is 13.2. The average molecular weight is 512 g/mol. The molecule has 186 valence electrons. The van der Waals surface area contributed by atoms with Crippen molar-refractivity contribution in [1.29, 1.82) is 0 Å². The van der Waals surface area contributed by atoms with Gasteiger partial charge in [-0.3, -0.25) is 13.9 Å². The average Bonchev–Trinajstić information content (AvgIpc) is 2.77. The molecule has 0 aliphatic rings. The van der Waals surface area contributed by atoms with Gasteiger partial charge in [0.05, 0.1) is 11.9 Å². The summed E-state index contributed by atoms with van der Waals surface area (Å²) < 4.78 is 39.4. The van der Waals surface area contributed by atoms with Crippen LogP contribution in [0.3, 0.4) is 0 Å². The number of anilines is 1. The summed E-state index contributed by atoms with van der Waals surface area (Å²) in [5, 5.41) is 3.27. The topological polar surface area (TPSA) is 86.8 Å². The summed E-state index contributed by atoms with van der Waals surface area (Å²) >= 11 is 5.92. The second-order valence-electron chi connectivity index (χ2n) is 8.46. The number of amides is 2. The highest BCUT2D eigenvalue weighted by Gasteiger charge is 2.31. The minimum atomic E-state index is -3.82. The van der Waals surface area contributed by atoms with Crippen molar-refractivity contribution in [3.8, 4) is 0 Å². The van der Waals surface area contributed by atoms with Crippen molar-refractivity contribution in [3.63, 3.8) is 0 Å². The maximum absolute atomic E-state index is 13.5. The fraction of sp³-hybridized carbons (Fsp3) is 0.417. The molecular formula is C24H31ClFN3O4S. The van der Waals surface area contributed by atoms with Gasteiger partial charge >= 0.3 is 0 Å². The maximum atomic E-state index is 13.5. The normalized spacial score (nSPS) is 12.3. The van der Waals surface area contributed by atoms with E-state index in [4.69, 9.17) is 11.6 Å². The van der Waals surface area contributed by atoms with Crippen LogP contribution in [0, 0.1) is 11.7 Å². The number of benzene rings is 2. The van der Waals surface area contributed by atoms with Crippen molar-refractivity contribution < 1.29 is 22.4 Å². The van der Waals surface area contributed by atoms with Crippen LogP contribution in [0.4, 0.5) is 10.1 Å². The van der Waals surface area contributed by atoms with Gasteiger partial charge in [0.1, 0.15) is 18.4 Å². The number of nitrogens with zero attached hydrogens (tertiary/aromatic N) is 2. The molecule has 2 aromatic rings. The van der Waals surface area contributed by atoms with Gasteiger partial charge in [0.2, 0.25) is 21.8 Å². The molecule has 0 saturated heterocycles. The standard InChI is InChI=1S/C24H31ClFN3O4S/c1-5-22(24(31)27-14-17(2)3)28(15-18-6-10-20(26)11-7-18)23(30)16-29(34(4,32)33)21-12-8-19(25)9-13-21/h6-13,17,22H,5,14-16H2,1-4H3,(H,27,31). The maximum Gasteiger partial charge on any atom is 0.244 e. The van der Waals surface area contributed by atoms with E-state index in [0.717, 1.165) is 10.6 Å². The van der Waals surface area contributed by atoms with Crippen LogP contribution in [-0.4, -0.2) is 50.5 Å². The molecule has 7 nitrogen and oxygen atoms in total. The van der Waals surface area contributed by atoms with Crippen LogP contribution in [0.5, 0.6) is 0 Å². The smallest absolute Gasteiger partial charge is 0.244 e. The molecule has 1 atom stereocenters. The first-order valence-electron chi connectivity index (χ1n) is 11.0. The van der Waals surface area contributed by atoms with Crippen LogP contribution in [-0.2, 0) is 26.2 Å². The van der Waals surface area contributed by atoms with E-state index in [1.54, 1.807) is 6.92 Å². The highest BCUT2D eigenvalue weighted by Crippen LogP contribution is 2.22. The molecule has 0 radical (unpaired) electrons. The molecule has 0 spiro atoms. The van der Waals surface area contributed by atoms with Gasteiger partial charge < -0.3 is 10.2 Å². The SMILES string of the molecule is CCC(C(=O)NCC(C)C)N(Cc1ccc(F)cc1)C(=O)CN(c1ccc(Cl)cc1)S(C)(=O)=O. The molecule has 0 heterocycles. The van der Waals surface area contributed by atoms with E-state index in [2.05, 4.69) is 5.32 Å². The molecule has 0 aliphatic heterocycles. The third-order valence-corrected chi connectivity index (χ3v) is 6.52. The highest BCUT2D eigenvalue weighted by atomic mass is 35.5. The van der Waals surface area contributed by atoms with E-state index >= 15 is 0 Å². The zero-order chi connectivity index (χ0) is 25.5. The number of nitrogens with one attached hydrogen (secondary N) is 1. The van der Waals surface area contributed by atoms with Crippen LogP contribution in [0.15, 0.2) is 48.5 Å². The van der Waals surface area contributed by atoms with E-state index in [1.807, 2.05) is 13.8 Å². The third-order valence-electron chi connectivity index (χ3n) is 5.13. The second kappa shape index (κ2) is 12.2. The minimum Gasteiger partial charge on any atom is -0.354 e. The van der Waals surface area contributed by atoms with Gasteiger partial charge in [-0.1, -0.05) is 44.5 Å². The number of carbonyl (C=O) groups is 2. The molecule has 2 rings (SSSR count). The van der Waals surface area contributed by atoms with Crippen molar-refractivity contribution >= 4 is 39.1 Å². The van der Waals surface area contributed by atoms with Crippen molar-refractivity contribution in [2.45, 2.75) is 39.8 Å². The Bertz CT molecular complexity index is 1080. The van der Waals surface area contributed by atoms with Crippen molar-refractivity contribution in [3.05, 3.63) is 64.9 Å². The zero-order valence-electron chi connectivity index (χ0n) is 19.8. The van der Waals surface area contributed by atoms with Crippen molar-refractivity contribution in [2.75, 3.05) is 23.7 Å². The molecule has 1 N–H and O–H groups in total. The molecule has 34 heavy (non-hydrogen) atoms. The minimum absolute atomic E-state index is 0.0188. The molecule has 1 unspecified atom stereocenters. The summed E-state index contributed by atoms with van der Waals surface area (Å²) in [5.74, 6) is -1.09. The quantitative estimate of drug-likeness (QED) is 0.497. The lowest BCUT2D eigenvalue weighted by Gasteiger charge is -2.33. The summed E-state index contributed by atoms with van der Waals surface area (Å²) in [6.45, 7) is 5.64. The first-order chi connectivity index (χ1) is 15.9. The van der Waals surface area contributed by atoms with E-state index in [9.17, 15) is 22.4 Å². The lowest BCUT2D eigenvalue weighted by atomic mass is 10.1. The van der Waals surface area contributed by atoms with Crippen LogP contribution in [0.25, 0.3) is 0 Å². The van der Waals surface area contributed by atoms with Gasteiger partial charge in [0.15, 0.2) is 0 Å². The van der Waals surface area contributed by atoms with Gasteiger partial charge in [-0.05, 0) is 54.3 Å². The molecule has 0 aliphatic carbocycles. The van der Waals surface area contributed by atoms with Crippen LogP contribution >= 0.6 is 11.6 Å². The molecule has 2 aromatic carbocycles. The lowest BCUT2D eigenvalue weighted by Crippen LogP contribution is -2.52. The second-order valence-corrected chi connectivity index (χ2v) is 10.8. The van der Waals surface area contributed by atoms with E-state index in [1.165, 1.54) is 53.4 Å². The fourth-order valence-corrected chi connectivity index (χ4v) is 4.33. The van der Waals surface area contributed by atoms with Gasteiger partial charge in [0.25, 0.3) is 0 Å². The Hall–Kier alpha value is -2.65. The van der Waals surface area contributed by atoms with Crippen LogP contribution in [0.2, 0.25) is 5.02 Å². The number of sulfonamides is 1. The predicted octanol–water partition coefficient (Wildman–Crippen LogP) is 3.82. The van der Waals surface area contributed by atoms with Crippen molar-refractivity contribution in [2.24, 2.45) is 5.92 Å². The van der Waals surface area contributed by atoms with E-state index < -0.39 is 34.3 Å². The van der Waals surface area contributed by atoms with Gasteiger partial charge in [-0.15, -0.1) is 0 Å². The number of halogens is 2. The number of carbonyl (C=O) groups excluding carboxylic acids is 2. The highest BCUT2D eigenvalue weighted by molar-refractivity contribution is 7.92. The predicted molar refractivity (Wildman–Crippen MR) is 133 cm³/mol. The monoisotopic (exact) mass is 511 g/mol. The number of hydrogen-bond acceptors (Lipinski definition) is 4. The van der Waals surface area contributed by atoms with Crippen LogP contribution < -0.4 is 9.62 Å². The lowest BCUT2D eigenvalue weighted by molar-refractivity contribution is -0.140. The Morgan fingerprint density at radius 1 is 1.06 bits per heavy atom. The van der Waals surface area contributed by atoms with Gasteiger partial charge in [-0.25, -0.2) is 12.8 Å². The summed E-state index contributed by atoms with van der Waals surface area (Å²) in [7, 11) is -3.82. The Balaban J connectivity index is 2.39. The Kier molecular flexibility index (Phi) is 9.88. The zero-order valence-corrected chi connectivity index (χ0v) is 21.4. The van der Waals surface area contributed by atoms with E-state index in [0.29, 0.717) is 23.6 Å². The molecule has 2 amide bonds. The molecule has 0 saturated carbocycles. The molecular weight excluding hydrogens is 481 g/mol. The van der Waals surface area contributed by atoms with Gasteiger partial charge in [-0.2, -0.15) is 0 Å². The Labute approximate surface area is 205 Å². The largest absolute Gasteiger partial charge is 0.354 e. The summed E-state index contributed by atoms with van der Waals surface area (Å²) in [5.41, 5.74) is 0.890. The summed E-state index contributed by atoms with van der Waals surface area (Å²) in [4.78, 5) is 27.8. The summed E-state index contributed by atoms with van der Waals surface area (Å²) in [6.07, 6.45) is 1.32. The molecule has 0 aromatic heterocycles. The molecule has 10 heteroatoms. The Morgan fingerprint density at radius 3 is 2.15 bits per heavy atom. The first kappa shape index (κ1) is 27.6.